The molecule has 1 aliphatic carbocycles. The summed E-state index contributed by atoms with van der Waals surface area (Å²) in [7, 11) is 0. The SMILES string of the molecule is O=C(Nc1cccnc1)C1CC=C[C@@H]2CCOC(=O)[C@H]12. The third-order valence-corrected chi connectivity index (χ3v) is 3.90. The molecule has 1 saturated heterocycles. The second-order valence-electron chi connectivity index (χ2n) is 5.15. The Kier molecular flexibility index (Phi) is 3.50. The van der Waals surface area contributed by atoms with Gasteiger partial charge in [-0.25, -0.2) is 0 Å². The summed E-state index contributed by atoms with van der Waals surface area (Å²) in [6.07, 6.45) is 8.64. The molecule has 3 atom stereocenters. The number of pyridine rings is 1. The third-order valence-electron chi connectivity index (χ3n) is 3.90. The number of amides is 1. The van der Waals surface area contributed by atoms with E-state index in [0.717, 1.165) is 6.42 Å². The number of fused-ring (bicyclic) bond motifs is 1. The maximum atomic E-state index is 12.4. The van der Waals surface area contributed by atoms with Crippen molar-refractivity contribution in [1.82, 2.24) is 4.98 Å². The van der Waals surface area contributed by atoms with Crippen LogP contribution in [0.2, 0.25) is 0 Å². The lowest BCUT2D eigenvalue weighted by atomic mass is 9.73. The quantitative estimate of drug-likeness (QED) is 0.658. The van der Waals surface area contributed by atoms with Crippen LogP contribution < -0.4 is 5.32 Å². The first-order valence-corrected chi connectivity index (χ1v) is 6.80. The zero-order valence-electron chi connectivity index (χ0n) is 11.0. The molecule has 5 nitrogen and oxygen atoms in total. The molecule has 0 aromatic carbocycles. The van der Waals surface area contributed by atoms with Gasteiger partial charge < -0.3 is 10.1 Å². The van der Waals surface area contributed by atoms with Crippen LogP contribution in [0.5, 0.6) is 0 Å². The molecule has 1 unspecified atom stereocenters. The molecule has 1 aliphatic heterocycles. The van der Waals surface area contributed by atoms with E-state index < -0.39 is 0 Å². The molecule has 0 bridgehead atoms. The summed E-state index contributed by atoms with van der Waals surface area (Å²) < 4.78 is 5.11. The van der Waals surface area contributed by atoms with Gasteiger partial charge in [-0.3, -0.25) is 14.6 Å². The fourth-order valence-corrected chi connectivity index (χ4v) is 2.91. The number of esters is 1. The Morgan fingerprint density at radius 1 is 1.45 bits per heavy atom. The number of ether oxygens (including phenoxy) is 1. The Morgan fingerprint density at radius 2 is 2.35 bits per heavy atom. The lowest BCUT2D eigenvalue weighted by Crippen LogP contribution is -2.43. The van der Waals surface area contributed by atoms with E-state index >= 15 is 0 Å². The summed E-state index contributed by atoms with van der Waals surface area (Å²) in [5.41, 5.74) is 0.646. The van der Waals surface area contributed by atoms with Crippen LogP contribution in [0.25, 0.3) is 0 Å². The lowest BCUT2D eigenvalue weighted by Gasteiger charge is -2.35. The second-order valence-corrected chi connectivity index (χ2v) is 5.15. The van der Waals surface area contributed by atoms with Gasteiger partial charge in [0.2, 0.25) is 5.91 Å². The standard InChI is InChI=1S/C15H16N2O3/c18-14(17-11-4-2-7-16-9-11)12-5-1-3-10-6-8-20-15(19)13(10)12/h1-4,7,9-10,12-13H,5-6,8H2,(H,17,18)/t10-,12?,13+/m1/s1. The average molecular weight is 272 g/mol. The number of rotatable bonds is 2. The van der Waals surface area contributed by atoms with Crippen LogP contribution in [0.3, 0.4) is 0 Å². The number of hydrogen-bond acceptors (Lipinski definition) is 4. The fourth-order valence-electron chi connectivity index (χ4n) is 2.91. The van der Waals surface area contributed by atoms with Crippen LogP contribution in [0.1, 0.15) is 12.8 Å². The van der Waals surface area contributed by atoms with Gasteiger partial charge in [-0.2, -0.15) is 0 Å². The van der Waals surface area contributed by atoms with Gasteiger partial charge in [0, 0.05) is 6.20 Å². The number of carbonyl (C=O) groups is 2. The van der Waals surface area contributed by atoms with Gasteiger partial charge in [-0.15, -0.1) is 0 Å². The number of allylic oxidation sites excluding steroid dienone is 2. The summed E-state index contributed by atoms with van der Waals surface area (Å²) in [6.45, 7) is 0.446. The Labute approximate surface area is 117 Å². The molecule has 1 fully saturated rings. The highest BCUT2D eigenvalue weighted by atomic mass is 16.5. The van der Waals surface area contributed by atoms with Gasteiger partial charge in [0.05, 0.1) is 30.3 Å². The van der Waals surface area contributed by atoms with Gasteiger partial charge in [-0.1, -0.05) is 12.2 Å². The molecule has 1 aromatic rings. The zero-order valence-corrected chi connectivity index (χ0v) is 11.0. The molecule has 1 aromatic heterocycles. The predicted octanol–water partition coefficient (Wildman–Crippen LogP) is 1.78. The summed E-state index contributed by atoms with van der Waals surface area (Å²) in [6, 6.07) is 3.54. The Morgan fingerprint density at radius 3 is 3.15 bits per heavy atom. The van der Waals surface area contributed by atoms with E-state index in [0.29, 0.717) is 18.7 Å². The van der Waals surface area contributed by atoms with Crippen molar-refractivity contribution in [2.75, 3.05) is 11.9 Å². The highest BCUT2D eigenvalue weighted by Gasteiger charge is 2.43. The van der Waals surface area contributed by atoms with Crippen molar-refractivity contribution in [2.24, 2.45) is 17.8 Å². The third kappa shape index (κ3) is 2.43. The molecule has 20 heavy (non-hydrogen) atoms. The van der Waals surface area contributed by atoms with Gasteiger partial charge >= 0.3 is 5.97 Å². The molecule has 5 heteroatoms. The van der Waals surface area contributed by atoms with E-state index in [1.165, 1.54) is 0 Å². The van der Waals surface area contributed by atoms with Gasteiger partial charge in [-0.05, 0) is 30.9 Å². The van der Waals surface area contributed by atoms with E-state index in [1.54, 1.807) is 24.5 Å². The Bertz CT molecular complexity index is 541. The van der Waals surface area contributed by atoms with E-state index in [-0.39, 0.29) is 29.6 Å². The minimum absolute atomic E-state index is 0.120. The normalized spacial score (nSPS) is 28.4. The Balaban J connectivity index is 1.77. The van der Waals surface area contributed by atoms with Crippen molar-refractivity contribution in [3.63, 3.8) is 0 Å². The van der Waals surface area contributed by atoms with Crippen LogP contribution in [-0.4, -0.2) is 23.5 Å². The van der Waals surface area contributed by atoms with Gasteiger partial charge in [0.25, 0.3) is 0 Å². The van der Waals surface area contributed by atoms with Crippen LogP contribution >= 0.6 is 0 Å². The smallest absolute Gasteiger partial charge is 0.310 e. The van der Waals surface area contributed by atoms with Crippen LogP contribution in [-0.2, 0) is 14.3 Å². The summed E-state index contributed by atoms with van der Waals surface area (Å²) in [5.74, 6) is -0.994. The van der Waals surface area contributed by atoms with Crippen LogP contribution in [0.4, 0.5) is 5.69 Å². The van der Waals surface area contributed by atoms with Crippen molar-refractivity contribution in [3.05, 3.63) is 36.7 Å². The molecule has 1 amide bonds. The molecule has 2 heterocycles. The first kappa shape index (κ1) is 12.8. The maximum absolute atomic E-state index is 12.4. The van der Waals surface area contributed by atoms with Crippen LogP contribution in [0, 0.1) is 17.8 Å². The molecular weight excluding hydrogens is 256 g/mol. The molecule has 0 saturated carbocycles. The van der Waals surface area contributed by atoms with Crippen molar-refractivity contribution in [3.8, 4) is 0 Å². The van der Waals surface area contributed by atoms with Crippen molar-refractivity contribution < 1.29 is 14.3 Å². The maximum Gasteiger partial charge on any atom is 0.310 e. The van der Waals surface area contributed by atoms with E-state index in [2.05, 4.69) is 10.3 Å². The monoisotopic (exact) mass is 272 g/mol. The minimum Gasteiger partial charge on any atom is -0.465 e. The fraction of sp³-hybridized carbons (Fsp3) is 0.400. The van der Waals surface area contributed by atoms with E-state index in [1.807, 2.05) is 12.2 Å². The Hall–Kier alpha value is -2.17. The second kappa shape index (κ2) is 5.45. The van der Waals surface area contributed by atoms with Crippen LogP contribution in [0.15, 0.2) is 36.7 Å². The van der Waals surface area contributed by atoms with Crippen molar-refractivity contribution in [2.45, 2.75) is 12.8 Å². The topological polar surface area (TPSA) is 68.3 Å². The number of nitrogens with zero attached hydrogens (tertiary/aromatic N) is 1. The molecule has 104 valence electrons. The van der Waals surface area contributed by atoms with E-state index in [9.17, 15) is 9.59 Å². The average Bonchev–Trinajstić information content (AvgIpc) is 2.48. The number of anilines is 1. The predicted molar refractivity (Wildman–Crippen MR) is 72.7 cm³/mol. The minimum atomic E-state index is -0.363. The largest absolute Gasteiger partial charge is 0.465 e. The summed E-state index contributed by atoms with van der Waals surface area (Å²) in [5, 5.41) is 2.82. The van der Waals surface area contributed by atoms with E-state index in [4.69, 9.17) is 4.74 Å². The number of cyclic esters (lactones) is 1. The molecule has 0 spiro atoms. The highest BCUT2D eigenvalue weighted by molar-refractivity contribution is 5.95. The molecule has 2 aliphatic rings. The number of nitrogens with one attached hydrogen (secondary N) is 1. The van der Waals surface area contributed by atoms with Crippen molar-refractivity contribution >= 4 is 17.6 Å². The lowest BCUT2D eigenvalue weighted by molar-refractivity contribution is -0.160. The molecular formula is C15H16N2O3. The highest BCUT2D eigenvalue weighted by Crippen LogP contribution is 2.36. The first-order valence-electron chi connectivity index (χ1n) is 6.80. The summed E-state index contributed by atoms with van der Waals surface area (Å²) in [4.78, 5) is 28.3. The molecule has 3 rings (SSSR count). The zero-order chi connectivity index (χ0) is 13.9. The van der Waals surface area contributed by atoms with Crippen molar-refractivity contribution in [1.29, 1.82) is 0 Å². The molecule has 0 radical (unpaired) electrons. The first-order chi connectivity index (χ1) is 9.75. The number of hydrogen-bond donors (Lipinski definition) is 1. The number of carbonyl (C=O) groups excluding carboxylic acids is 2. The molecule has 1 N–H and O–H groups in total. The van der Waals surface area contributed by atoms with Gasteiger partial charge in [0.1, 0.15) is 0 Å². The summed E-state index contributed by atoms with van der Waals surface area (Å²) >= 11 is 0. The van der Waals surface area contributed by atoms with Gasteiger partial charge in [0.15, 0.2) is 0 Å². The number of aromatic nitrogens is 1.